The van der Waals surface area contributed by atoms with Crippen LogP contribution in [0, 0.1) is 11.3 Å². The summed E-state index contributed by atoms with van der Waals surface area (Å²) in [5, 5.41) is 23.1. The minimum Gasteiger partial charge on any atom is -0.305 e. The maximum Gasteiger partial charge on any atom is 0.277 e. The van der Waals surface area contributed by atoms with Crippen LogP contribution in [0.5, 0.6) is 0 Å². The predicted octanol–water partition coefficient (Wildman–Crippen LogP) is 0.0528. The van der Waals surface area contributed by atoms with Crippen LogP contribution in [-0.2, 0) is 23.3 Å². The van der Waals surface area contributed by atoms with Gasteiger partial charge in [-0.2, -0.15) is 23.1 Å². The van der Waals surface area contributed by atoms with Gasteiger partial charge in [0.15, 0.2) is 5.82 Å². The van der Waals surface area contributed by atoms with E-state index in [0.29, 0.717) is 22.4 Å². The summed E-state index contributed by atoms with van der Waals surface area (Å²) < 4.78 is 23.8. The van der Waals surface area contributed by atoms with Gasteiger partial charge in [0.2, 0.25) is 0 Å². The molecule has 1 aromatic carbocycles. The number of amides is 1. The maximum atomic E-state index is 12.2. The normalized spacial score (nSPS) is 14.3. The lowest BCUT2D eigenvalue weighted by atomic mass is 10.1. The minimum absolute atomic E-state index is 0.0493. The van der Waals surface area contributed by atoms with Crippen molar-refractivity contribution in [2.24, 2.45) is 5.14 Å². The third-order valence-electron chi connectivity index (χ3n) is 3.49. The quantitative estimate of drug-likeness (QED) is 0.727. The minimum atomic E-state index is -3.80. The number of aromatic amines is 1. The zero-order chi connectivity index (χ0) is 16.6. The molecule has 0 spiro atoms. The fourth-order valence-electron chi connectivity index (χ4n) is 2.27. The van der Waals surface area contributed by atoms with Crippen molar-refractivity contribution < 1.29 is 13.2 Å². The van der Waals surface area contributed by atoms with Gasteiger partial charge < -0.3 is 5.32 Å². The van der Waals surface area contributed by atoms with Crippen LogP contribution in [0.15, 0.2) is 24.3 Å². The summed E-state index contributed by atoms with van der Waals surface area (Å²) in [5.41, 5.74) is 1.99. The molecular weight excluding hydrogens is 320 g/mol. The van der Waals surface area contributed by atoms with Crippen LogP contribution in [0.25, 0.3) is 0 Å². The van der Waals surface area contributed by atoms with Gasteiger partial charge in [0.05, 0.1) is 23.9 Å². The van der Waals surface area contributed by atoms with E-state index in [4.69, 9.17) is 10.4 Å². The molecule has 0 unspecified atom stereocenters. The number of nitrogens with zero attached hydrogens (tertiary/aromatic N) is 3. The Labute approximate surface area is 131 Å². The molecule has 2 heterocycles. The molecule has 118 valence electrons. The van der Waals surface area contributed by atoms with Gasteiger partial charge in [0.1, 0.15) is 0 Å². The molecule has 9 nitrogen and oxygen atoms in total. The van der Waals surface area contributed by atoms with Crippen LogP contribution in [-0.4, -0.2) is 28.8 Å². The highest BCUT2D eigenvalue weighted by molar-refractivity contribution is 7.86. The van der Waals surface area contributed by atoms with E-state index in [1.165, 1.54) is 24.3 Å². The fourth-order valence-corrected chi connectivity index (χ4v) is 2.89. The van der Waals surface area contributed by atoms with Gasteiger partial charge in [-0.25, -0.2) is 5.14 Å². The molecule has 0 atom stereocenters. The molecule has 10 heteroatoms. The number of anilines is 1. The van der Waals surface area contributed by atoms with E-state index < -0.39 is 16.1 Å². The molecular formula is C13H12N6O3S. The van der Waals surface area contributed by atoms with Gasteiger partial charge in [-0.1, -0.05) is 0 Å². The third-order valence-corrected chi connectivity index (χ3v) is 4.47. The zero-order valence-corrected chi connectivity index (χ0v) is 12.6. The van der Waals surface area contributed by atoms with E-state index in [-0.39, 0.29) is 18.9 Å². The van der Waals surface area contributed by atoms with E-state index in [0.717, 1.165) is 4.31 Å². The highest BCUT2D eigenvalue weighted by atomic mass is 32.2. The lowest BCUT2D eigenvalue weighted by Crippen LogP contribution is -2.32. The van der Waals surface area contributed by atoms with Crippen LogP contribution in [0.1, 0.15) is 27.2 Å². The summed E-state index contributed by atoms with van der Waals surface area (Å²) in [6.45, 7) is 0.140. The number of nitriles is 1. The van der Waals surface area contributed by atoms with Gasteiger partial charge >= 0.3 is 0 Å². The lowest BCUT2D eigenvalue weighted by Gasteiger charge is -2.11. The van der Waals surface area contributed by atoms with Crippen molar-refractivity contribution in [1.29, 1.82) is 5.26 Å². The molecule has 1 aliphatic rings. The molecule has 4 N–H and O–H groups in total. The lowest BCUT2D eigenvalue weighted by molar-refractivity contribution is 0.102. The highest BCUT2D eigenvalue weighted by Gasteiger charge is 2.31. The summed E-state index contributed by atoms with van der Waals surface area (Å²) in [6.07, 6.45) is 0. The Morgan fingerprint density at radius 1 is 1.35 bits per heavy atom. The molecule has 1 aliphatic heterocycles. The van der Waals surface area contributed by atoms with E-state index in [1.54, 1.807) is 0 Å². The number of nitrogens with one attached hydrogen (secondary N) is 2. The second-order valence-corrected chi connectivity index (χ2v) is 6.53. The fraction of sp³-hybridized carbons (Fsp3) is 0.154. The molecule has 2 aromatic rings. The smallest absolute Gasteiger partial charge is 0.277 e. The summed E-state index contributed by atoms with van der Waals surface area (Å²) >= 11 is 0. The van der Waals surface area contributed by atoms with E-state index in [1.807, 2.05) is 6.07 Å². The van der Waals surface area contributed by atoms with E-state index in [2.05, 4.69) is 15.5 Å². The molecule has 0 saturated heterocycles. The van der Waals surface area contributed by atoms with E-state index >= 15 is 0 Å². The van der Waals surface area contributed by atoms with Crippen LogP contribution in [0.3, 0.4) is 0 Å². The molecule has 1 aromatic heterocycles. The highest BCUT2D eigenvalue weighted by Crippen LogP contribution is 2.28. The first-order valence-electron chi connectivity index (χ1n) is 6.54. The van der Waals surface area contributed by atoms with Crippen molar-refractivity contribution in [2.45, 2.75) is 13.1 Å². The zero-order valence-electron chi connectivity index (χ0n) is 11.8. The molecule has 0 bridgehead atoms. The number of hydrogen-bond donors (Lipinski definition) is 3. The Morgan fingerprint density at radius 3 is 2.65 bits per heavy atom. The van der Waals surface area contributed by atoms with Crippen molar-refractivity contribution >= 4 is 21.9 Å². The average molecular weight is 332 g/mol. The van der Waals surface area contributed by atoms with Crippen molar-refractivity contribution in [3.8, 4) is 6.07 Å². The van der Waals surface area contributed by atoms with Gasteiger partial charge in [0.25, 0.3) is 16.1 Å². The van der Waals surface area contributed by atoms with Crippen molar-refractivity contribution in [3.63, 3.8) is 0 Å². The topological polar surface area (TPSA) is 145 Å². The Morgan fingerprint density at radius 2 is 2.04 bits per heavy atom. The Balaban J connectivity index is 1.78. The first kappa shape index (κ1) is 15.2. The monoisotopic (exact) mass is 332 g/mol. The SMILES string of the molecule is N#Cc1ccc(C(=O)Nc2n[nH]c3c2CN(S(N)(=O)=O)C3)cc1. The largest absolute Gasteiger partial charge is 0.305 e. The molecule has 0 fully saturated rings. The number of carbonyl (C=O) groups is 1. The number of benzene rings is 1. The predicted molar refractivity (Wildman–Crippen MR) is 80.1 cm³/mol. The number of nitrogens with two attached hydrogens (primary N) is 1. The molecule has 0 saturated carbocycles. The van der Waals surface area contributed by atoms with Crippen LogP contribution < -0.4 is 10.5 Å². The number of fused-ring (bicyclic) bond motifs is 1. The van der Waals surface area contributed by atoms with Gasteiger partial charge in [-0.15, -0.1) is 0 Å². The molecule has 3 rings (SSSR count). The second-order valence-electron chi connectivity index (χ2n) is 4.99. The molecule has 23 heavy (non-hydrogen) atoms. The number of hydrogen-bond acceptors (Lipinski definition) is 5. The molecule has 0 aliphatic carbocycles. The van der Waals surface area contributed by atoms with Gasteiger partial charge in [-0.3, -0.25) is 9.89 Å². The standard InChI is InChI=1S/C13H12N6O3S/c14-5-8-1-3-9(4-2-8)13(20)16-12-10-6-19(23(15,21)22)7-11(10)17-18-12/h1-4H,6-7H2,(H2,15,21,22)(H2,16,17,18,20). The third kappa shape index (κ3) is 2.93. The van der Waals surface area contributed by atoms with E-state index in [9.17, 15) is 13.2 Å². The van der Waals surface area contributed by atoms with Crippen molar-refractivity contribution in [3.05, 3.63) is 46.6 Å². The van der Waals surface area contributed by atoms with Gasteiger partial charge in [-0.05, 0) is 24.3 Å². The van der Waals surface area contributed by atoms with Gasteiger partial charge in [0, 0.05) is 17.7 Å². The number of carbonyl (C=O) groups excluding carboxylic acids is 1. The number of rotatable bonds is 3. The molecule has 0 radical (unpaired) electrons. The first-order valence-corrected chi connectivity index (χ1v) is 8.04. The van der Waals surface area contributed by atoms with Crippen molar-refractivity contribution in [2.75, 3.05) is 5.32 Å². The van der Waals surface area contributed by atoms with Crippen molar-refractivity contribution in [1.82, 2.24) is 14.5 Å². The van der Waals surface area contributed by atoms with Crippen LogP contribution in [0.2, 0.25) is 0 Å². The first-order chi connectivity index (χ1) is 10.9. The Hall–Kier alpha value is -2.74. The summed E-state index contributed by atoms with van der Waals surface area (Å²) in [4.78, 5) is 12.2. The maximum absolute atomic E-state index is 12.2. The molecule has 1 amide bonds. The summed E-state index contributed by atoms with van der Waals surface area (Å²) in [7, 11) is -3.80. The summed E-state index contributed by atoms with van der Waals surface area (Å²) in [6, 6.07) is 8.09. The summed E-state index contributed by atoms with van der Waals surface area (Å²) in [5.74, 6) is -0.140. The Bertz CT molecular complexity index is 910. The number of H-pyrrole nitrogens is 1. The number of aromatic nitrogens is 2. The Kier molecular flexibility index (Phi) is 3.61. The van der Waals surface area contributed by atoms with Crippen LogP contribution in [0.4, 0.5) is 5.82 Å². The van der Waals surface area contributed by atoms with Crippen LogP contribution >= 0.6 is 0 Å². The average Bonchev–Trinajstić information content (AvgIpc) is 3.09. The second kappa shape index (κ2) is 5.47.